The number of hydrogen-bond donors (Lipinski definition) is 0. The van der Waals surface area contributed by atoms with Crippen LogP contribution in [0, 0.1) is 6.92 Å². The summed E-state index contributed by atoms with van der Waals surface area (Å²) in [5.41, 5.74) is 1.94. The quantitative estimate of drug-likeness (QED) is 0.863. The fraction of sp³-hybridized carbons (Fsp3) is 0.500. The molecule has 1 saturated heterocycles. The molecule has 0 aromatic carbocycles. The van der Waals surface area contributed by atoms with Gasteiger partial charge in [-0.15, -0.1) is 0 Å². The summed E-state index contributed by atoms with van der Waals surface area (Å²) in [6.45, 7) is 4.23. The Balaban J connectivity index is 1.59. The Bertz CT molecular complexity index is 625. The molecule has 1 aliphatic rings. The summed E-state index contributed by atoms with van der Waals surface area (Å²) in [6, 6.07) is 0. The summed E-state index contributed by atoms with van der Waals surface area (Å²) in [7, 11) is 0. The van der Waals surface area contributed by atoms with Gasteiger partial charge in [-0.25, -0.2) is 4.98 Å². The predicted octanol–water partition coefficient (Wildman–Crippen LogP) is 1.78. The number of carbonyl (C=O) groups is 1. The monoisotopic (exact) mass is 299 g/mol. The zero-order valence-electron chi connectivity index (χ0n) is 12.9. The van der Waals surface area contributed by atoms with Crippen molar-refractivity contribution in [1.82, 2.24) is 24.4 Å². The highest BCUT2D eigenvalue weighted by Crippen LogP contribution is 2.25. The molecule has 0 aliphatic carbocycles. The van der Waals surface area contributed by atoms with E-state index < -0.39 is 0 Å². The maximum Gasteiger partial charge on any atom is 0.224 e. The molecule has 1 atom stereocenters. The maximum atomic E-state index is 12.4. The molecule has 6 nitrogen and oxygen atoms in total. The largest absolute Gasteiger partial charge is 0.342 e. The molecule has 0 unspecified atom stereocenters. The summed E-state index contributed by atoms with van der Waals surface area (Å²) < 4.78 is 1.94. The third-order valence-corrected chi connectivity index (χ3v) is 4.11. The molecule has 0 saturated carbocycles. The Morgan fingerprint density at radius 2 is 2.27 bits per heavy atom. The second-order valence-electron chi connectivity index (χ2n) is 5.81. The van der Waals surface area contributed by atoms with Crippen molar-refractivity contribution < 1.29 is 4.79 Å². The van der Waals surface area contributed by atoms with Crippen LogP contribution in [0.1, 0.15) is 36.6 Å². The van der Waals surface area contributed by atoms with Crippen LogP contribution in [0.25, 0.3) is 0 Å². The smallest absolute Gasteiger partial charge is 0.224 e. The first kappa shape index (κ1) is 14.7. The van der Waals surface area contributed by atoms with Crippen molar-refractivity contribution in [3.63, 3.8) is 0 Å². The fourth-order valence-electron chi connectivity index (χ4n) is 2.93. The van der Waals surface area contributed by atoms with E-state index in [1.165, 1.54) is 0 Å². The molecule has 2 aromatic rings. The van der Waals surface area contributed by atoms with Gasteiger partial charge in [0.1, 0.15) is 0 Å². The first-order chi connectivity index (χ1) is 10.7. The molecule has 0 bridgehead atoms. The van der Waals surface area contributed by atoms with E-state index in [0.29, 0.717) is 18.9 Å². The van der Waals surface area contributed by atoms with E-state index in [0.717, 1.165) is 37.3 Å². The van der Waals surface area contributed by atoms with E-state index in [1.807, 2.05) is 28.8 Å². The third kappa shape index (κ3) is 3.50. The number of nitrogens with zero attached hydrogens (tertiary/aromatic N) is 5. The number of rotatable bonds is 4. The van der Waals surface area contributed by atoms with Crippen LogP contribution in [-0.4, -0.2) is 43.4 Å². The Labute approximate surface area is 130 Å². The molecule has 2 aromatic heterocycles. The second-order valence-corrected chi connectivity index (χ2v) is 5.81. The van der Waals surface area contributed by atoms with Gasteiger partial charge in [-0.05, 0) is 19.8 Å². The minimum Gasteiger partial charge on any atom is -0.342 e. The first-order valence-electron chi connectivity index (χ1n) is 7.74. The number of carbonyl (C=O) groups excluding carboxylic acids is 1. The highest BCUT2D eigenvalue weighted by atomic mass is 16.2. The molecular formula is C16H21N5O. The van der Waals surface area contributed by atoms with Gasteiger partial charge in [0.2, 0.25) is 5.91 Å². The lowest BCUT2D eigenvalue weighted by Gasteiger charge is -2.32. The van der Waals surface area contributed by atoms with Crippen molar-refractivity contribution in [3.8, 4) is 0 Å². The van der Waals surface area contributed by atoms with Crippen molar-refractivity contribution >= 4 is 5.91 Å². The first-order valence-corrected chi connectivity index (χ1v) is 7.74. The number of hydrogen-bond acceptors (Lipinski definition) is 4. The van der Waals surface area contributed by atoms with E-state index in [2.05, 4.69) is 15.0 Å². The molecule has 0 spiro atoms. The van der Waals surface area contributed by atoms with Gasteiger partial charge in [0.25, 0.3) is 0 Å². The second kappa shape index (κ2) is 6.68. The van der Waals surface area contributed by atoms with E-state index in [-0.39, 0.29) is 5.91 Å². The average Bonchev–Trinajstić information content (AvgIpc) is 3.06. The SMILES string of the molecule is Cc1cncc([C@H]2CCCN(C(=O)CCn3ccnc3)C2)n1. The summed E-state index contributed by atoms with van der Waals surface area (Å²) in [5, 5.41) is 0. The molecule has 116 valence electrons. The van der Waals surface area contributed by atoms with Crippen LogP contribution < -0.4 is 0 Å². The van der Waals surface area contributed by atoms with Gasteiger partial charge >= 0.3 is 0 Å². The minimum absolute atomic E-state index is 0.207. The molecule has 1 aliphatic heterocycles. The normalized spacial score (nSPS) is 18.4. The van der Waals surface area contributed by atoms with Gasteiger partial charge in [0.15, 0.2) is 0 Å². The number of aromatic nitrogens is 4. The molecule has 1 amide bonds. The van der Waals surface area contributed by atoms with Crippen LogP contribution in [0.5, 0.6) is 0 Å². The van der Waals surface area contributed by atoms with E-state index in [1.54, 1.807) is 18.7 Å². The lowest BCUT2D eigenvalue weighted by atomic mass is 9.94. The summed E-state index contributed by atoms with van der Waals surface area (Å²) >= 11 is 0. The fourth-order valence-corrected chi connectivity index (χ4v) is 2.93. The van der Waals surface area contributed by atoms with Crippen LogP contribution in [0.2, 0.25) is 0 Å². The van der Waals surface area contributed by atoms with Crippen molar-refractivity contribution in [1.29, 1.82) is 0 Å². The summed E-state index contributed by atoms with van der Waals surface area (Å²) in [6.07, 6.45) is 11.6. The highest BCUT2D eigenvalue weighted by molar-refractivity contribution is 5.76. The Kier molecular flexibility index (Phi) is 4.46. The van der Waals surface area contributed by atoms with Gasteiger partial charge in [-0.3, -0.25) is 14.8 Å². The number of imidazole rings is 1. The average molecular weight is 299 g/mol. The number of amides is 1. The lowest BCUT2D eigenvalue weighted by Crippen LogP contribution is -2.39. The lowest BCUT2D eigenvalue weighted by molar-refractivity contribution is -0.132. The number of aryl methyl sites for hydroxylation is 2. The van der Waals surface area contributed by atoms with Crippen LogP contribution in [0.3, 0.4) is 0 Å². The van der Waals surface area contributed by atoms with Crippen molar-refractivity contribution in [3.05, 3.63) is 42.5 Å². The van der Waals surface area contributed by atoms with Crippen LogP contribution in [0.15, 0.2) is 31.1 Å². The van der Waals surface area contributed by atoms with Gasteiger partial charge in [0.05, 0.1) is 17.7 Å². The Morgan fingerprint density at radius 3 is 3.05 bits per heavy atom. The molecule has 22 heavy (non-hydrogen) atoms. The standard InChI is InChI=1S/C16H21N5O/c1-13-9-18-10-15(19-13)14-3-2-6-21(11-14)16(22)4-7-20-8-5-17-12-20/h5,8-10,12,14H,2-4,6-7,11H2,1H3/t14-/m0/s1. The molecule has 0 radical (unpaired) electrons. The third-order valence-electron chi connectivity index (χ3n) is 4.11. The zero-order valence-corrected chi connectivity index (χ0v) is 12.9. The minimum atomic E-state index is 0.207. The van der Waals surface area contributed by atoms with Gasteiger partial charge in [-0.2, -0.15) is 0 Å². The van der Waals surface area contributed by atoms with Crippen LogP contribution in [-0.2, 0) is 11.3 Å². The molecule has 6 heteroatoms. The van der Waals surface area contributed by atoms with Gasteiger partial charge in [-0.1, -0.05) is 0 Å². The van der Waals surface area contributed by atoms with Crippen molar-refractivity contribution in [2.45, 2.75) is 38.6 Å². The van der Waals surface area contributed by atoms with Crippen LogP contribution in [0.4, 0.5) is 0 Å². The van der Waals surface area contributed by atoms with E-state index >= 15 is 0 Å². The molecule has 3 heterocycles. The summed E-state index contributed by atoms with van der Waals surface area (Å²) in [5.74, 6) is 0.511. The molecule has 1 fully saturated rings. The number of piperidine rings is 1. The Morgan fingerprint density at radius 1 is 1.36 bits per heavy atom. The summed E-state index contributed by atoms with van der Waals surface area (Å²) in [4.78, 5) is 27.1. The van der Waals surface area contributed by atoms with Crippen LogP contribution >= 0.6 is 0 Å². The molecule has 0 N–H and O–H groups in total. The zero-order chi connectivity index (χ0) is 15.4. The van der Waals surface area contributed by atoms with Crippen molar-refractivity contribution in [2.24, 2.45) is 0 Å². The maximum absolute atomic E-state index is 12.4. The van der Waals surface area contributed by atoms with Gasteiger partial charge in [0, 0.05) is 56.8 Å². The number of likely N-dealkylation sites (tertiary alicyclic amines) is 1. The van der Waals surface area contributed by atoms with Gasteiger partial charge < -0.3 is 9.47 Å². The predicted molar refractivity (Wildman–Crippen MR) is 82.2 cm³/mol. The van der Waals surface area contributed by atoms with Crippen molar-refractivity contribution in [2.75, 3.05) is 13.1 Å². The Hall–Kier alpha value is -2.24. The molecular weight excluding hydrogens is 278 g/mol. The van der Waals surface area contributed by atoms with E-state index in [9.17, 15) is 4.79 Å². The van der Waals surface area contributed by atoms with E-state index in [4.69, 9.17) is 0 Å². The topological polar surface area (TPSA) is 63.9 Å². The molecule has 3 rings (SSSR count). The highest BCUT2D eigenvalue weighted by Gasteiger charge is 2.25.